The Hall–Kier alpha value is -0.570. The minimum absolute atomic E-state index is 0.330. The van der Waals surface area contributed by atoms with Crippen molar-refractivity contribution in [3.63, 3.8) is 0 Å². The van der Waals surface area contributed by atoms with E-state index in [4.69, 9.17) is 0 Å². The maximum Gasteiger partial charge on any atom is 0.310 e. The second-order valence-electron chi connectivity index (χ2n) is 6.56. The van der Waals surface area contributed by atoms with Crippen LogP contribution >= 0.6 is 0 Å². The van der Waals surface area contributed by atoms with Gasteiger partial charge in [0.1, 0.15) is 0 Å². The Kier molecular flexibility index (Phi) is 4.00. The molecule has 0 aromatic carbocycles. The molecule has 0 aliphatic carbocycles. The molecule has 1 unspecified atom stereocenters. The molecular formula is C13H25NO2. The molecule has 16 heavy (non-hydrogen) atoms. The Morgan fingerprint density at radius 2 is 2.06 bits per heavy atom. The summed E-state index contributed by atoms with van der Waals surface area (Å²) in [6.45, 7) is 11.3. The molecule has 0 radical (unpaired) electrons. The lowest BCUT2D eigenvalue weighted by Crippen LogP contribution is -2.46. The van der Waals surface area contributed by atoms with Gasteiger partial charge in [0.2, 0.25) is 0 Å². The highest BCUT2D eigenvalue weighted by molar-refractivity contribution is 5.74. The van der Waals surface area contributed by atoms with Crippen LogP contribution in [0, 0.1) is 10.8 Å². The van der Waals surface area contributed by atoms with Crippen molar-refractivity contribution in [1.29, 1.82) is 0 Å². The smallest absolute Gasteiger partial charge is 0.310 e. The van der Waals surface area contributed by atoms with Crippen LogP contribution in [0.5, 0.6) is 0 Å². The summed E-state index contributed by atoms with van der Waals surface area (Å²) in [5.41, 5.74) is -0.201. The minimum Gasteiger partial charge on any atom is -0.481 e. The molecule has 1 aliphatic rings. The molecule has 1 atom stereocenters. The lowest BCUT2D eigenvalue weighted by Gasteiger charge is -2.38. The SMILES string of the molecule is CC(C)(C)CCN1CCCC(C)(C(=O)O)C1. The number of aliphatic carboxylic acids is 1. The van der Waals surface area contributed by atoms with Crippen LogP contribution in [-0.4, -0.2) is 35.6 Å². The van der Waals surface area contributed by atoms with Gasteiger partial charge in [0, 0.05) is 6.54 Å². The van der Waals surface area contributed by atoms with Crippen LogP contribution in [0.4, 0.5) is 0 Å². The first kappa shape index (κ1) is 13.5. The van der Waals surface area contributed by atoms with Crippen LogP contribution in [0.1, 0.15) is 47.0 Å². The van der Waals surface area contributed by atoms with Crippen molar-refractivity contribution in [1.82, 2.24) is 4.90 Å². The number of carbonyl (C=O) groups is 1. The van der Waals surface area contributed by atoms with Gasteiger partial charge in [0.25, 0.3) is 0 Å². The zero-order chi connectivity index (χ0) is 12.4. The first-order chi connectivity index (χ1) is 7.23. The number of carboxylic acids is 1. The molecule has 3 heteroatoms. The molecule has 1 saturated heterocycles. The second-order valence-corrected chi connectivity index (χ2v) is 6.56. The molecule has 0 aromatic heterocycles. The van der Waals surface area contributed by atoms with E-state index in [0.717, 1.165) is 32.4 Å². The first-order valence-corrected chi connectivity index (χ1v) is 6.19. The van der Waals surface area contributed by atoms with Gasteiger partial charge in [-0.15, -0.1) is 0 Å². The molecule has 0 aromatic rings. The number of rotatable bonds is 3. The topological polar surface area (TPSA) is 40.5 Å². The molecule has 1 aliphatic heterocycles. The van der Waals surface area contributed by atoms with E-state index in [2.05, 4.69) is 25.7 Å². The number of likely N-dealkylation sites (tertiary alicyclic amines) is 1. The highest BCUT2D eigenvalue weighted by Crippen LogP contribution is 2.30. The maximum absolute atomic E-state index is 11.2. The standard InChI is InChI=1S/C13H25NO2/c1-12(2,3)7-9-14-8-5-6-13(4,10-14)11(15)16/h5-10H2,1-4H3,(H,15,16). The van der Waals surface area contributed by atoms with E-state index >= 15 is 0 Å². The number of hydrogen-bond donors (Lipinski definition) is 1. The van der Waals surface area contributed by atoms with Gasteiger partial charge >= 0.3 is 5.97 Å². The van der Waals surface area contributed by atoms with Crippen LogP contribution in [-0.2, 0) is 4.79 Å². The van der Waals surface area contributed by atoms with Gasteiger partial charge in [0.05, 0.1) is 5.41 Å². The molecule has 1 rings (SSSR count). The average Bonchev–Trinajstić information content (AvgIpc) is 2.14. The van der Waals surface area contributed by atoms with Gasteiger partial charge in [-0.1, -0.05) is 20.8 Å². The van der Waals surface area contributed by atoms with Crippen molar-refractivity contribution >= 4 is 5.97 Å². The molecule has 1 fully saturated rings. The Labute approximate surface area is 98.8 Å². The lowest BCUT2D eigenvalue weighted by molar-refractivity contribution is -0.151. The van der Waals surface area contributed by atoms with E-state index < -0.39 is 11.4 Å². The summed E-state index contributed by atoms with van der Waals surface area (Å²) in [6, 6.07) is 0. The number of nitrogens with zero attached hydrogens (tertiary/aromatic N) is 1. The van der Waals surface area contributed by atoms with Gasteiger partial charge < -0.3 is 10.0 Å². The van der Waals surface area contributed by atoms with E-state index in [1.165, 1.54) is 0 Å². The van der Waals surface area contributed by atoms with Crippen molar-refractivity contribution in [2.24, 2.45) is 10.8 Å². The monoisotopic (exact) mass is 227 g/mol. The average molecular weight is 227 g/mol. The Morgan fingerprint density at radius 3 is 2.56 bits per heavy atom. The first-order valence-electron chi connectivity index (χ1n) is 6.19. The quantitative estimate of drug-likeness (QED) is 0.805. The van der Waals surface area contributed by atoms with Crippen LogP contribution < -0.4 is 0 Å². The summed E-state index contributed by atoms with van der Waals surface area (Å²) in [5.74, 6) is -0.645. The normalized spacial score (nSPS) is 28.0. The van der Waals surface area contributed by atoms with E-state index in [-0.39, 0.29) is 0 Å². The fourth-order valence-electron chi connectivity index (χ4n) is 2.20. The highest BCUT2D eigenvalue weighted by atomic mass is 16.4. The molecule has 0 spiro atoms. The zero-order valence-corrected chi connectivity index (χ0v) is 11.0. The van der Waals surface area contributed by atoms with Gasteiger partial charge in [-0.25, -0.2) is 0 Å². The maximum atomic E-state index is 11.2. The summed E-state index contributed by atoms with van der Waals surface area (Å²) < 4.78 is 0. The van der Waals surface area contributed by atoms with Crippen molar-refractivity contribution in [2.45, 2.75) is 47.0 Å². The fraction of sp³-hybridized carbons (Fsp3) is 0.923. The highest BCUT2D eigenvalue weighted by Gasteiger charge is 2.37. The molecule has 1 N–H and O–H groups in total. The predicted molar refractivity (Wildman–Crippen MR) is 65.5 cm³/mol. The van der Waals surface area contributed by atoms with Crippen LogP contribution in [0.15, 0.2) is 0 Å². The molecule has 3 nitrogen and oxygen atoms in total. The summed E-state index contributed by atoms with van der Waals surface area (Å²) in [5, 5.41) is 9.22. The van der Waals surface area contributed by atoms with Crippen LogP contribution in [0.3, 0.4) is 0 Å². The van der Waals surface area contributed by atoms with Crippen LogP contribution in [0.2, 0.25) is 0 Å². The van der Waals surface area contributed by atoms with Crippen molar-refractivity contribution in [3.8, 4) is 0 Å². The largest absolute Gasteiger partial charge is 0.481 e. The minimum atomic E-state index is -0.645. The molecule has 0 saturated carbocycles. The van der Waals surface area contributed by atoms with Gasteiger partial charge in [0.15, 0.2) is 0 Å². The third-order valence-corrected chi connectivity index (χ3v) is 3.47. The second kappa shape index (κ2) is 4.74. The number of piperidine rings is 1. The predicted octanol–water partition coefficient (Wildman–Crippen LogP) is 2.61. The Morgan fingerprint density at radius 1 is 1.44 bits per heavy atom. The Bertz CT molecular complexity index is 257. The zero-order valence-electron chi connectivity index (χ0n) is 11.0. The van der Waals surface area contributed by atoms with Crippen molar-refractivity contribution in [2.75, 3.05) is 19.6 Å². The summed E-state index contributed by atoms with van der Waals surface area (Å²) in [6.07, 6.45) is 2.95. The summed E-state index contributed by atoms with van der Waals surface area (Å²) in [7, 11) is 0. The van der Waals surface area contributed by atoms with E-state index in [0.29, 0.717) is 12.0 Å². The third-order valence-electron chi connectivity index (χ3n) is 3.47. The van der Waals surface area contributed by atoms with Gasteiger partial charge in [-0.2, -0.15) is 0 Å². The summed E-state index contributed by atoms with van der Waals surface area (Å²) >= 11 is 0. The van der Waals surface area contributed by atoms with Crippen molar-refractivity contribution in [3.05, 3.63) is 0 Å². The Balaban J connectivity index is 2.48. The number of carboxylic acid groups (broad SMARTS) is 1. The van der Waals surface area contributed by atoms with E-state index in [9.17, 15) is 9.90 Å². The third kappa shape index (κ3) is 3.78. The molecular weight excluding hydrogens is 202 g/mol. The molecule has 94 valence electrons. The molecule has 1 heterocycles. The lowest BCUT2D eigenvalue weighted by atomic mass is 9.81. The van der Waals surface area contributed by atoms with Gasteiger partial charge in [-0.3, -0.25) is 4.79 Å². The van der Waals surface area contributed by atoms with Crippen LogP contribution in [0.25, 0.3) is 0 Å². The molecule has 0 amide bonds. The summed E-state index contributed by atoms with van der Waals surface area (Å²) in [4.78, 5) is 13.5. The number of hydrogen-bond acceptors (Lipinski definition) is 2. The van der Waals surface area contributed by atoms with Crippen molar-refractivity contribution < 1.29 is 9.90 Å². The van der Waals surface area contributed by atoms with Gasteiger partial charge in [-0.05, 0) is 44.7 Å². The van der Waals surface area contributed by atoms with E-state index in [1.807, 2.05) is 6.92 Å². The van der Waals surface area contributed by atoms with E-state index in [1.54, 1.807) is 0 Å². The fourth-order valence-corrected chi connectivity index (χ4v) is 2.20. The molecule has 0 bridgehead atoms.